The van der Waals surface area contributed by atoms with E-state index in [1.165, 1.54) is 14.9 Å². The van der Waals surface area contributed by atoms with Crippen LogP contribution in [-0.4, -0.2) is 22.4 Å². The first kappa shape index (κ1) is 14.3. The summed E-state index contributed by atoms with van der Waals surface area (Å²) in [5.74, 6) is -0.488. The van der Waals surface area contributed by atoms with E-state index in [-0.39, 0.29) is 21.2 Å². The van der Waals surface area contributed by atoms with Gasteiger partial charge < -0.3 is 0 Å². The summed E-state index contributed by atoms with van der Waals surface area (Å²) in [6, 6.07) is 8.32. The number of benzene rings is 1. The molecule has 1 aromatic carbocycles. The minimum atomic E-state index is -0.488. The van der Waals surface area contributed by atoms with Crippen LogP contribution < -0.4 is 32.3 Å². The van der Waals surface area contributed by atoms with Crippen molar-refractivity contribution in [1.82, 2.24) is 4.98 Å². The molecule has 4 nitrogen and oxygen atoms in total. The van der Waals surface area contributed by atoms with Crippen LogP contribution in [0.1, 0.15) is 17.4 Å². The maximum absolute atomic E-state index is 11.4. The zero-order chi connectivity index (χ0) is 13.8. The Kier molecular flexibility index (Phi) is 4.76. The summed E-state index contributed by atoms with van der Waals surface area (Å²) in [6.45, 7) is 2.72. The fourth-order valence-electron chi connectivity index (χ4n) is 1.63. The third-order valence-electron chi connectivity index (χ3n) is 2.49. The number of nitrogens with one attached hydrogen (secondary N) is 1. The number of nitrogens with two attached hydrogens (primary N) is 1. The SMILES string of the molecule is CCNc1sc(-c2cccc([I-]C)c2)nc1C(N)=O. The van der Waals surface area contributed by atoms with Gasteiger partial charge in [0.15, 0.2) is 0 Å². The van der Waals surface area contributed by atoms with Gasteiger partial charge in [-0.3, -0.25) is 0 Å². The second-order valence-corrected chi connectivity index (χ2v) is 7.11. The Morgan fingerprint density at radius 1 is 1.53 bits per heavy atom. The van der Waals surface area contributed by atoms with Crippen molar-refractivity contribution in [2.45, 2.75) is 6.92 Å². The summed E-state index contributed by atoms with van der Waals surface area (Å²) in [5, 5.41) is 4.73. The first-order valence-electron chi connectivity index (χ1n) is 5.80. The molecule has 0 saturated heterocycles. The Morgan fingerprint density at radius 2 is 2.32 bits per heavy atom. The van der Waals surface area contributed by atoms with Crippen LogP contribution in [0.15, 0.2) is 24.3 Å². The van der Waals surface area contributed by atoms with Gasteiger partial charge in [-0.05, 0) is 0 Å². The molecule has 1 heterocycles. The van der Waals surface area contributed by atoms with Crippen molar-refractivity contribution in [3.63, 3.8) is 0 Å². The van der Waals surface area contributed by atoms with Crippen LogP contribution >= 0.6 is 11.3 Å². The zero-order valence-electron chi connectivity index (χ0n) is 10.7. The number of anilines is 1. The Labute approximate surface area is 126 Å². The Balaban J connectivity index is 2.44. The van der Waals surface area contributed by atoms with E-state index in [9.17, 15) is 4.79 Å². The third kappa shape index (κ3) is 3.24. The number of primary amides is 1. The molecule has 0 aliphatic rings. The maximum atomic E-state index is 11.4. The van der Waals surface area contributed by atoms with Gasteiger partial charge >= 0.3 is 127 Å². The molecule has 0 bridgehead atoms. The second kappa shape index (κ2) is 6.33. The number of hydrogen-bond donors (Lipinski definition) is 2. The van der Waals surface area contributed by atoms with Crippen LogP contribution in [0.2, 0.25) is 0 Å². The average molecular weight is 388 g/mol. The van der Waals surface area contributed by atoms with E-state index in [4.69, 9.17) is 5.73 Å². The molecule has 6 heteroatoms. The topological polar surface area (TPSA) is 68.0 Å². The van der Waals surface area contributed by atoms with E-state index in [1.807, 2.05) is 19.1 Å². The number of nitrogens with zero attached hydrogens (tertiary/aromatic N) is 1. The molecule has 3 N–H and O–H groups in total. The van der Waals surface area contributed by atoms with Gasteiger partial charge in [-0.15, -0.1) is 0 Å². The van der Waals surface area contributed by atoms with Gasteiger partial charge in [-0.1, -0.05) is 0 Å². The molecule has 0 spiro atoms. The fraction of sp³-hybridized carbons (Fsp3) is 0.231. The number of amides is 1. The van der Waals surface area contributed by atoms with Gasteiger partial charge in [0.1, 0.15) is 0 Å². The van der Waals surface area contributed by atoms with Crippen LogP contribution in [0.5, 0.6) is 0 Å². The van der Waals surface area contributed by atoms with Crippen molar-refractivity contribution in [2.75, 3.05) is 16.8 Å². The number of carbonyl (C=O) groups excluding carboxylic acids is 1. The summed E-state index contributed by atoms with van der Waals surface area (Å²) in [7, 11) is 0. The molecule has 19 heavy (non-hydrogen) atoms. The summed E-state index contributed by atoms with van der Waals surface area (Å²) in [4.78, 5) is 18.0. The van der Waals surface area contributed by atoms with Crippen molar-refractivity contribution in [2.24, 2.45) is 5.73 Å². The molecule has 0 saturated carbocycles. The second-order valence-electron chi connectivity index (χ2n) is 3.79. The van der Waals surface area contributed by atoms with Gasteiger partial charge in [-0.25, -0.2) is 0 Å². The molecule has 0 atom stereocenters. The monoisotopic (exact) mass is 388 g/mol. The van der Waals surface area contributed by atoms with Crippen LogP contribution in [0.3, 0.4) is 0 Å². The van der Waals surface area contributed by atoms with Gasteiger partial charge in [0.25, 0.3) is 0 Å². The molecule has 1 aromatic heterocycles. The fourth-order valence-corrected chi connectivity index (χ4v) is 3.88. The first-order chi connectivity index (χ1) is 9.15. The molecule has 2 aromatic rings. The molecule has 102 valence electrons. The normalized spacial score (nSPS) is 10.6. The molecule has 0 unspecified atom stereocenters. The van der Waals surface area contributed by atoms with Crippen molar-refractivity contribution in [3.05, 3.63) is 33.5 Å². The Morgan fingerprint density at radius 3 is 2.95 bits per heavy atom. The summed E-state index contributed by atoms with van der Waals surface area (Å²) < 4.78 is 1.36. The molecular formula is C13H15IN3OS-. The van der Waals surface area contributed by atoms with E-state index < -0.39 is 5.91 Å². The van der Waals surface area contributed by atoms with Gasteiger partial charge in [0.2, 0.25) is 0 Å². The average Bonchev–Trinajstić information content (AvgIpc) is 2.83. The molecule has 1 amide bonds. The van der Waals surface area contributed by atoms with Crippen molar-refractivity contribution >= 4 is 22.2 Å². The Bertz CT molecular complexity index is 597. The molecular weight excluding hydrogens is 373 g/mol. The van der Waals surface area contributed by atoms with Crippen LogP contribution in [0.4, 0.5) is 5.00 Å². The Hall–Kier alpha value is -1.15. The third-order valence-corrected chi connectivity index (χ3v) is 5.47. The number of alkyl halides is 1. The van der Waals surface area contributed by atoms with Crippen LogP contribution in [0.25, 0.3) is 10.6 Å². The van der Waals surface area contributed by atoms with Crippen molar-refractivity contribution in [1.29, 1.82) is 0 Å². The van der Waals surface area contributed by atoms with Gasteiger partial charge in [-0.2, -0.15) is 0 Å². The van der Waals surface area contributed by atoms with E-state index >= 15 is 0 Å². The molecule has 2 rings (SSSR count). The van der Waals surface area contributed by atoms with Gasteiger partial charge in [0.05, 0.1) is 0 Å². The molecule has 0 radical (unpaired) electrons. The van der Waals surface area contributed by atoms with E-state index in [0.717, 1.165) is 22.1 Å². The number of aromatic nitrogens is 1. The predicted molar refractivity (Wildman–Crippen MR) is 74.9 cm³/mol. The zero-order valence-corrected chi connectivity index (χ0v) is 13.7. The number of hydrogen-bond acceptors (Lipinski definition) is 4. The van der Waals surface area contributed by atoms with Crippen molar-refractivity contribution in [3.8, 4) is 10.6 Å². The first-order valence-corrected chi connectivity index (χ1v) is 9.85. The van der Waals surface area contributed by atoms with Crippen LogP contribution in [-0.2, 0) is 0 Å². The summed E-state index contributed by atoms with van der Waals surface area (Å²) in [6.07, 6.45) is 0. The summed E-state index contributed by atoms with van der Waals surface area (Å²) in [5.41, 5.74) is 6.75. The number of thiazole rings is 1. The number of carbonyl (C=O) groups is 1. The van der Waals surface area contributed by atoms with E-state index in [2.05, 4.69) is 27.4 Å². The quantitative estimate of drug-likeness (QED) is 0.522. The number of rotatable bonds is 5. The molecule has 0 aliphatic heterocycles. The summed E-state index contributed by atoms with van der Waals surface area (Å²) >= 11 is 1.52. The molecule has 0 fully saturated rings. The minimum absolute atomic E-state index is 0.0493. The molecule has 0 aliphatic carbocycles. The van der Waals surface area contributed by atoms with Gasteiger partial charge in [0, 0.05) is 0 Å². The number of halogens is 1. The van der Waals surface area contributed by atoms with E-state index in [0.29, 0.717) is 5.69 Å². The van der Waals surface area contributed by atoms with Crippen LogP contribution in [0, 0.1) is 3.57 Å². The van der Waals surface area contributed by atoms with E-state index in [1.54, 1.807) is 0 Å². The predicted octanol–water partition coefficient (Wildman–Crippen LogP) is -0.771. The van der Waals surface area contributed by atoms with Crippen molar-refractivity contribution < 1.29 is 26.0 Å². The standard InChI is InChI=1S/C13H15IN3OS/c1-3-16-13-10(11(15)18)17-12(19-13)8-5-4-6-9(7-8)14-2/h4-7,16H,3H2,1-2H3,(H2,15,18)/q-1.